The molecule has 2 aromatic carbocycles. The molecule has 0 saturated carbocycles. The molecular weight excluding hydrogens is 440 g/mol. The van der Waals surface area contributed by atoms with Crippen LogP contribution in [0, 0.1) is 27.7 Å². The van der Waals surface area contributed by atoms with Gasteiger partial charge in [-0.05, 0) is 62.6 Å². The first-order valence-electron chi connectivity index (χ1n) is 10.5. The molecule has 7 heteroatoms. The van der Waals surface area contributed by atoms with E-state index in [1.807, 2.05) is 50.2 Å². The van der Waals surface area contributed by atoms with Gasteiger partial charge in [0.25, 0.3) is 5.56 Å². The molecule has 0 bridgehead atoms. The van der Waals surface area contributed by atoms with Crippen molar-refractivity contribution in [1.82, 2.24) is 9.55 Å². The Morgan fingerprint density at radius 1 is 1.06 bits per heavy atom. The Labute approximate surface area is 195 Å². The first kappa shape index (κ1) is 21.1. The van der Waals surface area contributed by atoms with Crippen LogP contribution in [0.1, 0.15) is 21.6 Å². The fourth-order valence-corrected chi connectivity index (χ4v) is 5.92. The number of nitrogens with zero attached hydrogens (tertiary/aromatic N) is 2. The van der Waals surface area contributed by atoms with Gasteiger partial charge in [0, 0.05) is 10.6 Å². The first-order chi connectivity index (χ1) is 15.4. The van der Waals surface area contributed by atoms with E-state index in [4.69, 9.17) is 14.5 Å². The van der Waals surface area contributed by atoms with Gasteiger partial charge in [-0.25, -0.2) is 4.98 Å². The SMILES string of the molecule is Cc1cccc(-n2c(SCC3COc4ccccc4O3)nc3sc(C)c(C)c3c2=O)c1C. The van der Waals surface area contributed by atoms with Gasteiger partial charge in [0.1, 0.15) is 17.5 Å². The minimum absolute atomic E-state index is 0.0146. The second-order valence-corrected chi connectivity index (χ2v) is 10.2. The highest BCUT2D eigenvalue weighted by Gasteiger charge is 2.24. The van der Waals surface area contributed by atoms with Crippen molar-refractivity contribution in [2.75, 3.05) is 12.4 Å². The number of aromatic nitrogens is 2. The summed E-state index contributed by atoms with van der Waals surface area (Å²) in [5.41, 5.74) is 4.09. The van der Waals surface area contributed by atoms with Gasteiger partial charge >= 0.3 is 0 Å². The maximum atomic E-state index is 13.7. The zero-order valence-corrected chi connectivity index (χ0v) is 20.1. The van der Waals surface area contributed by atoms with Gasteiger partial charge in [-0.2, -0.15) is 0 Å². The molecule has 0 saturated heterocycles. The van der Waals surface area contributed by atoms with Crippen molar-refractivity contribution in [3.63, 3.8) is 0 Å². The lowest BCUT2D eigenvalue weighted by atomic mass is 10.1. The van der Waals surface area contributed by atoms with Crippen LogP contribution < -0.4 is 15.0 Å². The number of fused-ring (bicyclic) bond motifs is 2. The molecule has 1 atom stereocenters. The van der Waals surface area contributed by atoms with Gasteiger partial charge in [0.15, 0.2) is 16.7 Å². The number of thioether (sulfide) groups is 1. The number of benzene rings is 2. The van der Waals surface area contributed by atoms with Gasteiger partial charge in [0.2, 0.25) is 0 Å². The number of hydrogen-bond acceptors (Lipinski definition) is 6. The van der Waals surface area contributed by atoms with E-state index in [2.05, 4.69) is 19.9 Å². The lowest BCUT2D eigenvalue weighted by molar-refractivity contribution is 0.107. The van der Waals surface area contributed by atoms with Crippen LogP contribution in [0.2, 0.25) is 0 Å². The van der Waals surface area contributed by atoms with Crippen molar-refractivity contribution in [1.29, 1.82) is 0 Å². The summed E-state index contributed by atoms with van der Waals surface area (Å²) < 4.78 is 13.8. The van der Waals surface area contributed by atoms with Gasteiger partial charge in [0.05, 0.1) is 11.1 Å². The molecule has 32 heavy (non-hydrogen) atoms. The van der Waals surface area contributed by atoms with E-state index in [9.17, 15) is 4.79 Å². The molecule has 0 amide bonds. The Balaban J connectivity index is 1.56. The van der Waals surface area contributed by atoms with Crippen molar-refractivity contribution >= 4 is 33.3 Å². The molecular formula is C25H24N2O3S2. The molecule has 0 spiro atoms. The molecule has 0 aliphatic carbocycles. The number of rotatable bonds is 4. The zero-order chi connectivity index (χ0) is 22.4. The molecule has 164 valence electrons. The third-order valence-electron chi connectivity index (χ3n) is 5.95. The number of thiophene rings is 1. The van der Waals surface area contributed by atoms with Crippen LogP contribution >= 0.6 is 23.1 Å². The highest BCUT2D eigenvalue weighted by molar-refractivity contribution is 7.99. The predicted octanol–water partition coefficient (Wildman–Crippen LogP) is 5.61. The van der Waals surface area contributed by atoms with Crippen molar-refractivity contribution in [3.05, 3.63) is 74.4 Å². The Hall–Kier alpha value is -2.77. The van der Waals surface area contributed by atoms with E-state index in [0.717, 1.165) is 43.6 Å². The predicted molar refractivity (Wildman–Crippen MR) is 131 cm³/mol. The molecule has 0 radical (unpaired) electrons. The summed E-state index contributed by atoms with van der Waals surface area (Å²) >= 11 is 3.11. The van der Waals surface area contributed by atoms with Crippen LogP contribution in [0.25, 0.3) is 15.9 Å². The lowest BCUT2D eigenvalue weighted by Crippen LogP contribution is -2.31. The average molecular weight is 465 g/mol. The maximum Gasteiger partial charge on any atom is 0.267 e. The van der Waals surface area contributed by atoms with Crippen molar-refractivity contribution in [3.8, 4) is 17.2 Å². The third-order valence-corrected chi connectivity index (χ3v) is 8.13. The summed E-state index contributed by atoms with van der Waals surface area (Å²) in [6.07, 6.45) is -0.124. The third kappa shape index (κ3) is 3.59. The van der Waals surface area contributed by atoms with Crippen LogP contribution in [0.4, 0.5) is 0 Å². The Kier molecular flexibility index (Phi) is 5.47. The Bertz CT molecular complexity index is 1390. The fourth-order valence-electron chi connectivity index (χ4n) is 3.87. The van der Waals surface area contributed by atoms with Crippen LogP contribution in [0.3, 0.4) is 0 Å². The molecule has 5 rings (SSSR count). The van der Waals surface area contributed by atoms with E-state index in [1.165, 1.54) is 11.8 Å². The largest absolute Gasteiger partial charge is 0.486 e. The van der Waals surface area contributed by atoms with Crippen LogP contribution in [0.5, 0.6) is 11.5 Å². The summed E-state index contributed by atoms with van der Waals surface area (Å²) in [4.78, 5) is 20.6. The molecule has 1 aliphatic heterocycles. The highest BCUT2D eigenvalue weighted by atomic mass is 32.2. The minimum atomic E-state index is -0.124. The van der Waals surface area contributed by atoms with Crippen LogP contribution in [-0.4, -0.2) is 28.0 Å². The summed E-state index contributed by atoms with van der Waals surface area (Å²) in [7, 11) is 0. The Morgan fingerprint density at radius 2 is 1.84 bits per heavy atom. The average Bonchev–Trinajstić information content (AvgIpc) is 3.08. The summed E-state index contributed by atoms with van der Waals surface area (Å²) in [5.74, 6) is 2.15. The van der Waals surface area contributed by atoms with Crippen LogP contribution in [-0.2, 0) is 0 Å². The van der Waals surface area contributed by atoms with Gasteiger partial charge in [-0.1, -0.05) is 36.0 Å². The maximum absolute atomic E-state index is 13.7. The molecule has 3 heterocycles. The summed E-state index contributed by atoms with van der Waals surface area (Å²) in [6, 6.07) is 13.7. The molecule has 2 aromatic heterocycles. The monoisotopic (exact) mass is 464 g/mol. The van der Waals surface area contributed by atoms with E-state index in [-0.39, 0.29) is 11.7 Å². The van der Waals surface area contributed by atoms with Gasteiger partial charge in [-0.15, -0.1) is 11.3 Å². The molecule has 1 aliphatic rings. The van der Waals surface area contributed by atoms with Crippen molar-refractivity contribution < 1.29 is 9.47 Å². The van der Waals surface area contributed by atoms with E-state index in [0.29, 0.717) is 22.9 Å². The molecule has 5 nitrogen and oxygen atoms in total. The van der Waals surface area contributed by atoms with Crippen molar-refractivity contribution in [2.45, 2.75) is 39.0 Å². The van der Waals surface area contributed by atoms with E-state index in [1.54, 1.807) is 15.9 Å². The second-order valence-electron chi connectivity index (χ2n) is 8.03. The molecule has 0 fully saturated rings. The normalized spacial score (nSPS) is 15.3. The molecule has 4 aromatic rings. The topological polar surface area (TPSA) is 53.4 Å². The number of para-hydroxylation sites is 2. The van der Waals surface area contributed by atoms with Gasteiger partial charge < -0.3 is 9.47 Å². The number of aryl methyl sites for hydroxylation is 3. The minimum Gasteiger partial charge on any atom is -0.486 e. The lowest BCUT2D eigenvalue weighted by Gasteiger charge is -2.26. The second kappa shape index (κ2) is 8.30. The highest BCUT2D eigenvalue weighted by Crippen LogP contribution is 2.34. The Morgan fingerprint density at radius 3 is 2.66 bits per heavy atom. The number of hydrogen-bond donors (Lipinski definition) is 0. The number of ether oxygens (including phenoxy) is 2. The van der Waals surface area contributed by atoms with Gasteiger partial charge in [-0.3, -0.25) is 9.36 Å². The molecule has 0 N–H and O–H groups in total. The van der Waals surface area contributed by atoms with E-state index >= 15 is 0 Å². The molecule has 1 unspecified atom stereocenters. The fraction of sp³-hybridized carbons (Fsp3) is 0.280. The standard InChI is InChI=1S/C25H24N2O3S2/c1-14-8-7-9-19(15(14)2)27-24(28)22-16(3)17(4)32-23(22)26-25(27)31-13-18-12-29-20-10-5-6-11-21(20)30-18/h5-11,18H,12-13H2,1-4H3. The summed E-state index contributed by atoms with van der Waals surface area (Å²) in [5, 5.41) is 1.39. The first-order valence-corrected chi connectivity index (χ1v) is 12.3. The zero-order valence-electron chi connectivity index (χ0n) is 18.5. The van der Waals surface area contributed by atoms with Crippen molar-refractivity contribution in [2.24, 2.45) is 0 Å². The van der Waals surface area contributed by atoms with Crippen LogP contribution in [0.15, 0.2) is 52.4 Å². The quantitative estimate of drug-likeness (QED) is 0.290. The summed E-state index contributed by atoms with van der Waals surface area (Å²) in [6.45, 7) is 8.63. The van der Waals surface area contributed by atoms with E-state index < -0.39 is 0 Å². The smallest absolute Gasteiger partial charge is 0.267 e.